The molecular weight excluding hydrogens is 310 g/mol. The van der Waals surface area contributed by atoms with E-state index in [0.29, 0.717) is 4.90 Å². The summed E-state index contributed by atoms with van der Waals surface area (Å²) in [6, 6.07) is 7.29. The molecule has 6 heteroatoms. The highest BCUT2D eigenvalue weighted by atomic mass is 32.2. The van der Waals surface area contributed by atoms with E-state index in [1.165, 1.54) is 22.7 Å². The Labute approximate surface area is 140 Å². The van der Waals surface area contributed by atoms with Crippen molar-refractivity contribution >= 4 is 10.0 Å². The van der Waals surface area contributed by atoms with E-state index in [-0.39, 0.29) is 0 Å². The molecule has 1 aromatic rings. The molecule has 0 bridgehead atoms. The third-order valence-electron chi connectivity index (χ3n) is 4.50. The summed E-state index contributed by atoms with van der Waals surface area (Å²) in [5.41, 5.74) is 1.17. The molecule has 1 aromatic carbocycles. The van der Waals surface area contributed by atoms with Gasteiger partial charge >= 0.3 is 0 Å². The number of benzene rings is 1. The van der Waals surface area contributed by atoms with Crippen LogP contribution < -0.4 is 5.32 Å². The number of piperidine rings is 1. The van der Waals surface area contributed by atoms with Crippen LogP contribution in [0.4, 0.5) is 0 Å². The van der Waals surface area contributed by atoms with Crippen LogP contribution in [0.25, 0.3) is 0 Å². The van der Waals surface area contributed by atoms with Gasteiger partial charge in [-0.2, -0.15) is 0 Å². The zero-order valence-corrected chi connectivity index (χ0v) is 15.3. The summed E-state index contributed by atoms with van der Waals surface area (Å²) in [5, 5.41) is 3.43. The van der Waals surface area contributed by atoms with Crippen molar-refractivity contribution in [3.8, 4) is 0 Å². The van der Waals surface area contributed by atoms with Crippen molar-refractivity contribution in [2.75, 3.05) is 40.3 Å². The number of sulfonamides is 1. The van der Waals surface area contributed by atoms with Crippen molar-refractivity contribution < 1.29 is 8.42 Å². The summed E-state index contributed by atoms with van der Waals surface area (Å²) in [7, 11) is -0.217. The molecule has 1 fully saturated rings. The summed E-state index contributed by atoms with van der Waals surface area (Å²) < 4.78 is 25.4. The van der Waals surface area contributed by atoms with E-state index in [2.05, 4.69) is 17.1 Å². The lowest BCUT2D eigenvalue weighted by atomic mass is 9.96. The number of nitrogens with one attached hydrogen (secondary N) is 1. The van der Waals surface area contributed by atoms with E-state index >= 15 is 0 Å². The topological polar surface area (TPSA) is 52.7 Å². The number of hydrogen-bond acceptors (Lipinski definition) is 4. The van der Waals surface area contributed by atoms with Crippen LogP contribution in [-0.2, 0) is 16.6 Å². The van der Waals surface area contributed by atoms with Crippen LogP contribution in [0.2, 0.25) is 0 Å². The van der Waals surface area contributed by atoms with Gasteiger partial charge in [0.05, 0.1) is 4.90 Å². The smallest absolute Gasteiger partial charge is 0.242 e. The lowest BCUT2D eigenvalue weighted by molar-refractivity contribution is 0.176. The van der Waals surface area contributed by atoms with Gasteiger partial charge in [-0.1, -0.05) is 19.1 Å². The van der Waals surface area contributed by atoms with Gasteiger partial charge in [0.2, 0.25) is 10.0 Å². The molecule has 0 aromatic heterocycles. The summed E-state index contributed by atoms with van der Waals surface area (Å²) in [6.45, 7) is 7.46. The number of hydrogen-bond donors (Lipinski definition) is 1. The molecule has 0 aliphatic carbocycles. The Morgan fingerprint density at radius 1 is 1.17 bits per heavy atom. The predicted molar refractivity (Wildman–Crippen MR) is 93.9 cm³/mol. The third-order valence-corrected chi connectivity index (χ3v) is 6.33. The van der Waals surface area contributed by atoms with Gasteiger partial charge < -0.3 is 5.32 Å². The molecule has 0 amide bonds. The van der Waals surface area contributed by atoms with Crippen LogP contribution in [-0.4, -0.2) is 57.9 Å². The van der Waals surface area contributed by atoms with Crippen molar-refractivity contribution in [3.05, 3.63) is 29.8 Å². The highest BCUT2D eigenvalue weighted by molar-refractivity contribution is 7.89. The average Bonchev–Trinajstić information content (AvgIpc) is 2.54. The first-order valence-corrected chi connectivity index (χ1v) is 9.82. The first-order valence-electron chi connectivity index (χ1n) is 8.38. The number of rotatable bonds is 7. The Hall–Kier alpha value is -0.950. The molecule has 5 nitrogen and oxygen atoms in total. The number of likely N-dealkylation sites (tertiary alicyclic amines) is 1. The van der Waals surface area contributed by atoms with Gasteiger partial charge in [-0.25, -0.2) is 12.7 Å². The van der Waals surface area contributed by atoms with Crippen LogP contribution in [0.5, 0.6) is 0 Å². The molecule has 23 heavy (non-hydrogen) atoms. The molecule has 0 radical (unpaired) electrons. The Balaban J connectivity index is 1.88. The molecule has 0 atom stereocenters. The van der Waals surface area contributed by atoms with E-state index in [9.17, 15) is 8.42 Å². The molecule has 0 saturated carbocycles. The zero-order chi connectivity index (χ0) is 16.9. The quantitative estimate of drug-likeness (QED) is 0.822. The third kappa shape index (κ3) is 5.01. The molecule has 2 rings (SSSR count). The monoisotopic (exact) mass is 339 g/mol. The number of nitrogens with zero attached hydrogens (tertiary/aromatic N) is 2. The van der Waals surface area contributed by atoms with Gasteiger partial charge in [-0.05, 0) is 62.6 Å². The molecule has 1 N–H and O–H groups in total. The average molecular weight is 340 g/mol. The maximum atomic E-state index is 12.1. The van der Waals surface area contributed by atoms with Crippen LogP contribution in [0.15, 0.2) is 29.2 Å². The molecule has 0 spiro atoms. The summed E-state index contributed by atoms with van der Waals surface area (Å²) >= 11 is 0. The standard InChI is InChI=1S/C17H29N3O2S/c1-4-18-13-15-9-11-20(12-10-15)14-16-5-7-17(8-6-16)23(21,22)19(2)3/h5-8,15,18H,4,9-14H2,1-3H3. The van der Waals surface area contributed by atoms with Gasteiger partial charge in [-0.3, -0.25) is 4.90 Å². The van der Waals surface area contributed by atoms with E-state index in [0.717, 1.165) is 38.6 Å². The highest BCUT2D eigenvalue weighted by Crippen LogP contribution is 2.20. The Morgan fingerprint density at radius 2 is 1.78 bits per heavy atom. The van der Waals surface area contributed by atoms with Gasteiger partial charge in [0, 0.05) is 20.6 Å². The zero-order valence-electron chi connectivity index (χ0n) is 14.5. The predicted octanol–water partition coefficient (Wildman–Crippen LogP) is 1.76. The second-order valence-corrected chi connectivity index (χ2v) is 8.61. The minimum Gasteiger partial charge on any atom is -0.317 e. The molecule has 1 aliphatic rings. The Kier molecular flexibility index (Phi) is 6.59. The summed E-state index contributed by atoms with van der Waals surface area (Å²) in [5.74, 6) is 0.791. The van der Waals surface area contributed by atoms with E-state index in [4.69, 9.17) is 0 Å². The summed E-state index contributed by atoms with van der Waals surface area (Å²) in [6.07, 6.45) is 2.47. The second kappa shape index (κ2) is 8.24. The molecule has 0 unspecified atom stereocenters. The van der Waals surface area contributed by atoms with Crippen molar-refractivity contribution in [3.63, 3.8) is 0 Å². The van der Waals surface area contributed by atoms with Crippen molar-refractivity contribution in [2.24, 2.45) is 5.92 Å². The van der Waals surface area contributed by atoms with Crippen molar-refractivity contribution in [1.29, 1.82) is 0 Å². The molecule has 1 heterocycles. The molecular formula is C17H29N3O2S. The first-order chi connectivity index (χ1) is 10.9. The van der Waals surface area contributed by atoms with E-state index in [1.807, 2.05) is 12.1 Å². The Morgan fingerprint density at radius 3 is 2.30 bits per heavy atom. The van der Waals surface area contributed by atoms with Gasteiger partial charge in [0.15, 0.2) is 0 Å². The molecule has 1 saturated heterocycles. The van der Waals surface area contributed by atoms with Gasteiger partial charge in [0.1, 0.15) is 0 Å². The lowest BCUT2D eigenvalue weighted by Crippen LogP contribution is -2.36. The first kappa shape index (κ1) is 18.4. The Bertz CT molecular complexity index is 576. The maximum Gasteiger partial charge on any atom is 0.242 e. The van der Waals surface area contributed by atoms with E-state index in [1.54, 1.807) is 26.2 Å². The van der Waals surface area contributed by atoms with Crippen LogP contribution >= 0.6 is 0 Å². The van der Waals surface area contributed by atoms with Crippen molar-refractivity contribution in [2.45, 2.75) is 31.2 Å². The molecule has 1 aliphatic heterocycles. The minimum absolute atomic E-state index is 0.357. The largest absolute Gasteiger partial charge is 0.317 e. The summed E-state index contributed by atoms with van der Waals surface area (Å²) in [4.78, 5) is 2.81. The minimum atomic E-state index is -3.33. The van der Waals surface area contributed by atoms with E-state index < -0.39 is 10.0 Å². The fraction of sp³-hybridized carbons (Fsp3) is 0.647. The van der Waals surface area contributed by atoms with Crippen LogP contribution in [0, 0.1) is 5.92 Å². The maximum absolute atomic E-state index is 12.1. The normalized spacial score (nSPS) is 17.7. The second-order valence-electron chi connectivity index (χ2n) is 6.46. The fourth-order valence-electron chi connectivity index (χ4n) is 2.93. The van der Waals surface area contributed by atoms with Gasteiger partial charge in [-0.15, -0.1) is 0 Å². The van der Waals surface area contributed by atoms with Crippen LogP contribution in [0.1, 0.15) is 25.3 Å². The molecule has 130 valence electrons. The van der Waals surface area contributed by atoms with Gasteiger partial charge in [0.25, 0.3) is 0 Å². The fourth-order valence-corrected chi connectivity index (χ4v) is 3.83. The highest BCUT2D eigenvalue weighted by Gasteiger charge is 2.20. The van der Waals surface area contributed by atoms with Crippen LogP contribution in [0.3, 0.4) is 0 Å². The van der Waals surface area contributed by atoms with Crippen molar-refractivity contribution in [1.82, 2.24) is 14.5 Å². The lowest BCUT2D eigenvalue weighted by Gasteiger charge is -2.32. The SMILES string of the molecule is CCNCC1CCN(Cc2ccc(S(=O)(=O)N(C)C)cc2)CC1.